The van der Waals surface area contributed by atoms with Crippen molar-refractivity contribution in [3.63, 3.8) is 0 Å². The van der Waals surface area contributed by atoms with E-state index in [0.717, 1.165) is 40.9 Å². The Balaban J connectivity index is 0.966. The van der Waals surface area contributed by atoms with Gasteiger partial charge in [0.2, 0.25) is 0 Å². The van der Waals surface area contributed by atoms with Gasteiger partial charge in [0, 0.05) is 55.2 Å². The number of rotatable bonds is 9. The van der Waals surface area contributed by atoms with E-state index >= 15 is 0 Å². The lowest BCUT2D eigenvalue weighted by Crippen LogP contribution is -2.01. The molecule has 0 radical (unpaired) electrons. The number of benzene rings is 9. The summed E-state index contributed by atoms with van der Waals surface area (Å²) < 4.78 is 4.96. The van der Waals surface area contributed by atoms with E-state index in [1.54, 1.807) is 0 Å². The summed E-state index contributed by atoms with van der Waals surface area (Å²) in [4.78, 5) is 14.8. The fourth-order valence-corrected chi connectivity index (χ4v) is 9.80. The first-order valence-corrected chi connectivity index (χ1v) is 22.3. The van der Waals surface area contributed by atoms with Gasteiger partial charge in [0.25, 0.3) is 0 Å². The topological polar surface area (TPSA) is 48.5 Å². The third-order valence-corrected chi connectivity index (χ3v) is 12.8. The summed E-state index contributed by atoms with van der Waals surface area (Å²) in [6, 6.07) is 77.8. The van der Waals surface area contributed by atoms with E-state index in [1.165, 1.54) is 71.4 Å². The van der Waals surface area contributed by atoms with Crippen LogP contribution in [0.15, 0.2) is 218 Å². The maximum atomic E-state index is 4.97. The second-order valence-electron chi connectivity index (χ2n) is 16.8. The summed E-state index contributed by atoms with van der Waals surface area (Å²) in [5.41, 5.74) is 16.4. The third-order valence-electron chi connectivity index (χ3n) is 12.8. The van der Waals surface area contributed by atoms with Crippen LogP contribution in [0.2, 0.25) is 0 Å². The molecule has 0 aliphatic carbocycles. The molecule has 0 aliphatic heterocycles. The van der Waals surface area contributed by atoms with Crippen molar-refractivity contribution in [2.75, 3.05) is 0 Å². The van der Waals surface area contributed by atoms with Gasteiger partial charge in [-0.25, -0.2) is 15.0 Å². The zero-order valence-electron chi connectivity index (χ0n) is 35.9. The number of aromatic nitrogens is 5. The average molecular weight is 834 g/mol. The molecular weight excluding hydrogens is 791 g/mol. The van der Waals surface area contributed by atoms with Crippen LogP contribution in [0.3, 0.4) is 0 Å². The Morgan fingerprint density at radius 3 is 1.52 bits per heavy atom. The molecule has 0 spiro atoms. The SMILES string of the molecule is Cc1ccc2c3ccc4c(c5ccccc5n4-c4ccccc4)c3n(-c3ccccc3)c2c1-c1ccccc1CCc1ccc(-c2nc(-c3ccccc3)nc(-c3ccccc3)n2)cc1. The zero-order chi connectivity index (χ0) is 43.3. The van der Waals surface area contributed by atoms with Gasteiger partial charge < -0.3 is 9.13 Å². The fraction of sp³-hybridized carbons (Fsp3) is 0.0500. The van der Waals surface area contributed by atoms with Gasteiger partial charge in [-0.2, -0.15) is 0 Å². The quantitative estimate of drug-likeness (QED) is 0.146. The minimum atomic E-state index is 0.661. The Kier molecular flexibility index (Phi) is 9.45. The summed E-state index contributed by atoms with van der Waals surface area (Å²) in [7, 11) is 0. The number of nitrogens with zero attached hydrogens (tertiary/aromatic N) is 5. The molecule has 12 rings (SSSR count). The number of aryl methyl sites for hydroxylation is 3. The number of para-hydroxylation sites is 3. The van der Waals surface area contributed by atoms with Crippen LogP contribution in [-0.2, 0) is 12.8 Å². The first-order chi connectivity index (χ1) is 32.2. The van der Waals surface area contributed by atoms with Crippen molar-refractivity contribution in [1.29, 1.82) is 0 Å². The molecule has 308 valence electrons. The van der Waals surface area contributed by atoms with Gasteiger partial charge in [-0.3, -0.25) is 0 Å². The number of hydrogen-bond donors (Lipinski definition) is 0. The van der Waals surface area contributed by atoms with Crippen molar-refractivity contribution in [2.24, 2.45) is 0 Å². The maximum Gasteiger partial charge on any atom is 0.164 e. The summed E-state index contributed by atoms with van der Waals surface area (Å²) >= 11 is 0. The second kappa shape index (κ2) is 16.1. The molecule has 3 aromatic heterocycles. The molecule has 0 saturated heterocycles. The predicted octanol–water partition coefficient (Wildman–Crippen LogP) is 14.8. The molecule has 0 amide bonds. The monoisotopic (exact) mass is 833 g/mol. The van der Waals surface area contributed by atoms with Crippen LogP contribution in [0.1, 0.15) is 16.7 Å². The maximum absolute atomic E-state index is 4.97. The first kappa shape index (κ1) is 38.3. The van der Waals surface area contributed by atoms with Crippen molar-refractivity contribution in [3.8, 4) is 56.7 Å². The van der Waals surface area contributed by atoms with Crippen molar-refractivity contribution >= 4 is 43.6 Å². The lowest BCUT2D eigenvalue weighted by atomic mass is 9.91. The van der Waals surface area contributed by atoms with E-state index in [1.807, 2.05) is 60.7 Å². The van der Waals surface area contributed by atoms with Gasteiger partial charge >= 0.3 is 0 Å². The van der Waals surface area contributed by atoms with Gasteiger partial charge in [0.1, 0.15) is 0 Å². The van der Waals surface area contributed by atoms with Crippen molar-refractivity contribution < 1.29 is 0 Å². The largest absolute Gasteiger partial charge is 0.309 e. The van der Waals surface area contributed by atoms with Crippen LogP contribution in [0, 0.1) is 6.92 Å². The van der Waals surface area contributed by atoms with E-state index < -0.39 is 0 Å². The third kappa shape index (κ3) is 6.68. The molecule has 0 saturated carbocycles. The Hall–Kier alpha value is -8.41. The Morgan fingerprint density at radius 2 is 0.877 bits per heavy atom. The standard InChI is InChI=1S/C60H43N5/c1-40-30-37-49-50-38-39-53-55(51-28-16-17-29-52(51)64(53)46-23-10-4-11-24-46)57(50)65(47-25-12-5-13-26-47)56(49)54(40)48-27-15-14-18-42(48)34-31-41-32-35-45(36-33-41)60-62-58(43-19-6-2-7-20-43)61-59(63-60)44-21-8-3-9-22-44/h2-30,32-33,35-39H,31,34H2,1H3. The van der Waals surface area contributed by atoms with Gasteiger partial charge in [0.15, 0.2) is 17.5 Å². The highest BCUT2D eigenvalue weighted by molar-refractivity contribution is 6.27. The molecular formula is C60H43N5. The molecule has 0 atom stereocenters. The molecule has 12 aromatic rings. The zero-order valence-corrected chi connectivity index (χ0v) is 35.9. The van der Waals surface area contributed by atoms with Crippen molar-refractivity contribution in [2.45, 2.75) is 19.8 Å². The van der Waals surface area contributed by atoms with Crippen LogP contribution >= 0.6 is 0 Å². The molecule has 9 aromatic carbocycles. The van der Waals surface area contributed by atoms with Crippen LogP contribution in [0.4, 0.5) is 0 Å². The van der Waals surface area contributed by atoms with E-state index in [9.17, 15) is 0 Å². The molecule has 65 heavy (non-hydrogen) atoms. The molecule has 0 bridgehead atoms. The minimum Gasteiger partial charge on any atom is -0.309 e. The van der Waals surface area contributed by atoms with Gasteiger partial charge in [0.05, 0.1) is 22.1 Å². The van der Waals surface area contributed by atoms with Crippen LogP contribution in [0.5, 0.6) is 0 Å². The molecule has 5 nitrogen and oxygen atoms in total. The van der Waals surface area contributed by atoms with Crippen molar-refractivity contribution in [1.82, 2.24) is 24.1 Å². The smallest absolute Gasteiger partial charge is 0.164 e. The van der Waals surface area contributed by atoms with E-state index in [4.69, 9.17) is 15.0 Å². The van der Waals surface area contributed by atoms with Gasteiger partial charge in [-0.15, -0.1) is 0 Å². The highest BCUT2D eigenvalue weighted by atomic mass is 15.0. The Labute approximate surface area is 377 Å². The van der Waals surface area contributed by atoms with Crippen molar-refractivity contribution in [3.05, 3.63) is 235 Å². The molecule has 0 unspecified atom stereocenters. The normalized spacial score (nSPS) is 11.6. The van der Waals surface area contributed by atoms with E-state index in [2.05, 4.69) is 174 Å². The second-order valence-corrected chi connectivity index (χ2v) is 16.8. The lowest BCUT2D eigenvalue weighted by molar-refractivity contribution is 0.961. The minimum absolute atomic E-state index is 0.661. The molecule has 0 fully saturated rings. The van der Waals surface area contributed by atoms with Gasteiger partial charge in [-0.05, 0) is 78.4 Å². The van der Waals surface area contributed by atoms with Gasteiger partial charge in [-0.1, -0.05) is 182 Å². The predicted molar refractivity (Wildman–Crippen MR) is 269 cm³/mol. The summed E-state index contributed by atoms with van der Waals surface area (Å²) in [5.74, 6) is 1.99. The highest BCUT2D eigenvalue weighted by Crippen LogP contribution is 2.46. The summed E-state index contributed by atoms with van der Waals surface area (Å²) in [5, 5.41) is 4.99. The molecule has 0 N–H and O–H groups in total. The van der Waals surface area contributed by atoms with Crippen LogP contribution in [-0.4, -0.2) is 24.1 Å². The Bertz CT molecular complexity index is 3630. The number of fused-ring (bicyclic) bond motifs is 7. The first-order valence-electron chi connectivity index (χ1n) is 22.3. The number of hydrogen-bond acceptors (Lipinski definition) is 3. The van der Waals surface area contributed by atoms with Crippen LogP contribution < -0.4 is 0 Å². The lowest BCUT2D eigenvalue weighted by Gasteiger charge is -2.17. The average Bonchev–Trinajstić information content (AvgIpc) is 3.90. The Morgan fingerprint density at radius 1 is 0.369 bits per heavy atom. The molecule has 3 heterocycles. The molecule has 0 aliphatic rings. The summed E-state index contributed by atoms with van der Waals surface area (Å²) in [6.45, 7) is 2.27. The van der Waals surface area contributed by atoms with Crippen LogP contribution in [0.25, 0.3) is 100 Å². The van der Waals surface area contributed by atoms with E-state index in [0.29, 0.717) is 17.5 Å². The highest BCUT2D eigenvalue weighted by Gasteiger charge is 2.24. The summed E-state index contributed by atoms with van der Waals surface area (Å²) in [6.07, 6.45) is 1.77. The fourth-order valence-electron chi connectivity index (χ4n) is 9.80. The van der Waals surface area contributed by atoms with E-state index in [-0.39, 0.29) is 0 Å². The molecule has 5 heteroatoms.